The summed E-state index contributed by atoms with van der Waals surface area (Å²) in [5, 5.41) is 3.03. The first-order valence-electron chi connectivity index (χ1n) is 5.99. The van der Waals surface area contributed by atoms with Gasteiger partial charge in [0.2, 0.25) is 5.91 Å². The van der Waals surface area contributed by atoms with E-state index in [1.807, 2.05) is 6.92 Å². The highest BCUT2D eigenvalue weighted by Gasteiger charge is 2.37. The molecule has 1 rings (SSSR count). The molecule has 1 heterocycles. The minimum absolute atomic E-state index is 0.0303. The van der Waals surface area contributed by atoms with E-state index in [9.17, 15) is 18.0 Å². The van der Waals surface area contributed by atoms with Gasteiger partial charge in [-0.05, 0) is 26.8 Å². The van der Waals surface area contributed by atoms with Crippen LogP contribution >= 0.6 is 0 Å². The van der Waals surface area contributed by atoms with E-state index in [-0.39, 0.29) is 25.4 Å². The average Bonchev–Trinajstić information content (AvgIpc) is 2.27. The van der Waals surface area contributed by atoms with Crippen LogP contribution in [0.5, 0.6) is 0 Å². The third-order valence-electron chi connectivity index (χ3n) is 3.01. The largest absolute Gasteiger partial charge is 0.412 e. The van der Waals surface area contributed by atoms with Gasteiger partial charge in [-0.3, -0.25) is 4.79 Å². The molecule has 0 saturated carbocycles. The number of halogens is 3. The number of nitrogens with one attached hydrogen (secondary N) is 1. The minimum atomic E-state index is -4.27. The summed E-state index contributed by atoms with van der Waals surface area (Å²) < 4.78 is 37.3. The Balaban J connectivity index is 2.69. The molecule has 0 radical (unpaired) electrons. The molecule has 18 heavy (non-hydrogen) atoms. The summed E-state index contributed by atoms with van der Waals surface area (Å²) in [4.78, 5) is 13.6. The average molecular weight is 264 g/mol. The van der Waals surface area contributed by atoms with Crippen LogP contribution in [-0.4, -0.2) is 42.2 Å². The third kappa shape index (κ3) is 3.48. The van der Waals surface area contributed by atoms with Gasteiger partial charge in [0, 0.05) is 18.7 Å². The van der Waals surface area contributed by atoms with Crippen LogP contribution < -0.4 is 5.32 Å². The van der Waals surface area contributed by atoms with Gasteiger partial charge < -0.3 is 10.2 Å². The van der Waals surface area contributed by atoms with E-state index in [4.69, 9.17) is 0 Å². The molecule has 1 N–H and O–H groups in total. The first kappa shape index (κ1) is 15.0. The minimum Gasteiger partial charge on any atom is -0.337 e. The van der Waals surface area contributed by atoms with Crippen LogP contribution in [0.3, 0.4) is 0 Å². The van der Waals surface area contributed by atoms with Gasteiger partial charge in [-0.2, -0.15) is 13.2 Å². The second-order valence-corrected chi connectivity index (χ2v) is 4.88. The molecule has 0 aromatic rings. The molecule has 0 aromatic carbocycles. The van der Waals surface area contributed by atoms with E-state index in [2.05, 4.69) is 5.32 Å². The van der Waals surface area contributed by atoms with Gasteiger partial charge in [0.25, 0.3) is 0 Å². The quantitative estimate of drug-likeness (QED) is 0.792. The van der Waals surface area contributed by atoms with E-state index in [1.54, 1.807) is 13.8 Å². The van der Waals surface area contributed by atoms with Crippen molar-refractivity contribution >= 4 is 5.91 Å². The molecule has 0 unspecified atom stereocenters. The number of hydrogen-bond donors (Lipinski definition) is 1. The summed E-state index contributed by atoms with van der Waals surface area (Å²) in [6, 6.07) is 0. The number of amides is 1. The van der Waals surface area contributed by atoms with Crippen molar-refractivity contribution in [3.05, 3.63) is 11.6 Å². The van der Waals surface area contributed by atoms with Gasteiger partial charge >= 0.3 is 6.18 Å². The van der Waals surface area contributed by atoms with Gasteiger partial charge in [-0.25, -0.2) is 0 Å². The Hall–Kier alpha value is -1.04. The Morgan fingerprint density at radius 2 is 2.06 bits per heavy atom. The van der Waals surface area contributed by atoms with Crippen molar-refractivity contribution < 1.29 is 18.0 Å². The maximum Gasteiger partial charge on any atom is 0.412 e. The van der Waals surface area contributed by atoms with Crippen molar-refractivity contribution in [2.24, 2.45) is 0 Å². The molecule has 6 heteroatoms. The van der Waals surface area contributed by atoms with Crippen LogP contribution in [0.25, 0.3) is 0 Å². The van der Waals surface area contributed by atoms with Crippen molar-refractivity contribution in [2.75, 3.05) is 19.6 Å². The molecule has 0 atom stereocenters. The van der Waals surface area contributed by atoms with Crippen LogP contribution in [0.2, 0.25) is 0 Å². The van der Waals surface area contributed by atoms with Crippen LogP contribution in [0, 0.1) is 0 Å². The maximum absolute atomic E-state index is 12.4. The van der Waals surface area contributed by atoms with Crippen molar-refractivity contribution in [1.29, 1.82) is 0 Å². The zero-order valence-corrected chi connectivity index (χ0v) is 10.9. The number of rotatable bonds is 3. The van der Waals surface area contributed by atoms with E-state index >= 15 is 0 Å². The van der Waals surface area contributed by atoms with Crippen LogP contribution in [-0.2, 0) is 4.79 Å². The molecule has 0 fully saturated rings. The molecule has 0 aromatic heterocycles. The molecule has 0 saturated heterocycles. The van der Waals surface area contributed by atoms with Gasteiger partial charge in [-0.1, -0.05) is 13.0 Å². The summed E-state index contributed by atoms with van der Waals surface area (Å²) in [7, 11) is 0. The maximum atomic E-state index is 12.4. The molecule has 3 nitrogen and oxygen atoms in total. The lowest BCUT2D eigenvalue weighted by Gasteiger charge is -2.34. The fraction of sp³-hybridized carbons (Fsp3) is 0.750. The van der Waals surface area contributed by atoms with Crippen molar-refractivity contribution in [1.82, 2.24) is 10.2 Å². The summed E-state index contributed by atoms with van der Waals surface area (Å²) in [5.41, 5.74) is -1.27. The standard InChI is InChI=1S/C12H19F3N2O/c1-4-16-11(2,3)10(18)17-7-5-9(6-8-17)12(13,14)15/h5,16H,4,6-8H2,1-3H3. The highest BCUT2D eigenvalue weighted by atomic mass is 19.4. The van der Waals surface area contributed by atoms with Crippen molar-refractivity contribution in [2.45, 2.75) is 38.9 Å². The van der Waals surface area contributed by atoms with Crippen molar-refractivity contribution in [3.63, 3.8) is 0 Å². The Bertz CT molecular complexity index is 348. The van der Waals surface area contributed by atoms with E-state index in [1.165, 1.54) is 4.90 Å². The number of nitrogens with zero attached hydrogens (tertiary/aromatic N) is 1. The number of hydrogen-bond acceptors (Lipinski definition) is 2. The van der Waals surface area contributed by atoms with E-state index in [0.717, 1.165) is 6.08 Å². The number of likely N-dealkylation sites (N-methyl/N-ethyl adjacent to an activating group) is 1. The number of carbonyl (C=O) groups excluding carboxylic acids is 1. The molecule has 1 aliphatic heterocycles. The van der Waals surface area contributed by atoms with Gasteiger partial charge in [0.05, 0.1) is 5.54 Å². The Morgan fingerprint density at radius 3 is 2.44 bits per heavy atom. The molecule has 0 bridgehead atoms. The molecular weight excluding hydrogens is 245 g/mol. The van der Waals surface area contributed by atoms with E-state index < -0.39 is 17.3 Å². The first-order valence-corrected chi connectivity index (χ1v) is 5.99. The topological polar surface area (TPSA) is 32.3 Å². The summed E-state index contributed by atoms with van der Waals surface area (Å²) in [6.07, 6.45) is -3.30. The molecule has 1 amide bonds. The zero-order chi connectivity index (χ0) is 14.0. The molecule has 0 aliphatic carbocycles. The third-order valence-corrected chi connectivity index (χ3v) is 3.01. The monoisotopic (exact) mass is 264 g/mol. The molecule has 1 aliphatic rings. The second kappa shape index (κ2) is 5.30. The summed E-state index contributed by atoms with van der Waals surface area (Å²) in [6.45, 7) is 6.15. The molecule has 104 valence electrons. The Kier molecular flexibility index (Phi) is 4.42. The fourth-order valence-corrected chi connectivity index (χ4v) is 2.02. The smallest absolute Gasteiger partial charge is 0.337 e. The number of carbonyl (C=O) groups is 1. The predicted molar refractivity (Wildman–Crippen MR) is 63.1 cm³/mol. The normalized spacial score (nSPS) is 17.7. The van der Waals surface area contributed by atoms with E-state index in [0.29, 0.717) is 6.54 Å². The Labute approximate surface area is 105 Å². The van der Waals surface area contributed by atoms with Crippen LogP contribution in [0.1, 0.15) is 27.2 Å². The highest BCUT2D eigenvalue weighted by Crippen LogP contribution is 2.30. The van der Waals surface area contributed by atoms with Crippen LogP contribution in [0.15, 0.2) is 11.6 Å². The highest BCUT2D eigenvalue weighted by molar-refractivity contribution is 5.85. The lowest BCUT2D eigenvalue weighted by atomic mass is 10.0. The summed E-state index contributed by atoms with van der Waals surface area (Å²) >= 11 is 0. The van der Waals surface area contributed by atoms with Crippen LogP contribution in [0.4, 0.5) is 13.2 Å². The summed E-state index contributed by atoms with van der Waals surface area (Å²) in [5.74, 6) is -0.165. The second-order valence-electron chi connectivity index (χ2n) is 4.88. The molecular formula is C12H19F3N2O. The predicted octanol–water partition coefficient (Wildman–Crippen LogP) is 2.10. The lowest BCUT2D eigenvalue weighted by molar-refractivity contribution is -0.137. The number of alkyl halides is 3. The van der Waals surface area contributed by atoms with Gasteiger partial charge in [-0.15, -0.1) is 0 Å². The van der Waals surface area contributed by atoms with Crippen molar-refractivity contribution in [3.8, 4) is 0 Å². The lowest BCUT2D eigenvalue weighted by Crippen LogP contribution is -2.55. The molecule has 0 spiro atoms. The van der Waals surface area contributed by atoms with Gasteiger partial charge in [0.15, 0.2) is 0 Å². The Morgan fingerprint density at radius 1 is 1.44 bits per heavy atom. The first-order chi connectivity index (χ1) is 8.18. The fourth-order valence-electron chi connectivity index (χ4n) is 2.02. The SMILES string of the molecule is CCNC(C)(C)C(=O)N1CC=C(C(F)(F)F)CC1. The van der Waals surface area contributed by atoms with Gasteiger partial charge in [0.1, 0.15) is 0 Å². The zero-order valence-electron chi connectivity index (χ0n) is 10.9.